The minimum absolute atomic E-state index is 0.0395. The van der Waals surface area contributed by atoms with Crippen LogP contribution in [0.3, 0.4) is 0 Å². The summed E-state index contributed by atoms with van der Waals surface area (Å²) in [5.41, 5.74) is 13.2. The fourth-order valence-electron chi connectivity index (χ4n) is 1.89. The average Bonchev–Trinajstić information content (AvgIpc) is 2.48. The van der Waals surface area contributed by atoms with Gasteiger partial charge in [0.1, 0.15) is 0 Å². The smallest absolute Gasteiger partial charge is 0.163 e. The Hall–Kier alpha value is -2.62. The van der Waals surface area contributed by atoms with Crippen molar-refractivity contribution >= 4 is 22.9 Å². The lowest BCUT2D eigenvalue weighted by Gasteiger charge is -2.04. The minimum atomic E-state index is -0.110. The zero-order chi connectivity index (χ0) is 14.5. The normalized spacial score (nSPS) is 10.2. The summed E-state index contributed by atoms with van der Waals surface area (Å²) in [6.45, 7) is 0. The molecule has 0 saturated carbocycles. The van der Waals surface area contributed by atoms with Crippen LogP contribution in [0.5, 0.6) is 0 Å². The molecule has 20 heavy (non-hydrogen) atoms. The number of nitrogens with two attached hydrogens (primary N) is 2. The maximum atomic E-state index is 12.0. The molecule has 0 spiro atoms. The summed E-state index contributed by atoms with van der Waals surface area (Å²) in [7, 11) is 0. The second-order valence-corrected chi connectivity index (χ2v) is 4.56. The third kappa shape index (κ3) is 3.23. The maximum absolute atomic E-state index is 12.0. The lowest BCUT2D eigenvalue weighted by Crippen LogP contribution is -2.06. The molecule has 0 aliphatic carbocycles. The molecule has 0 fully saturated rings. The zero-order valence-corrected chi connectivity index (χ0v) is 11.0. The topological polar surface area (TPSA) is 86.2 Å². The van der Waals surface area contributed by atoms with Crippen molar-refractivity contribution in [3.05, 3.63) is 59.7 Å². The van der Waals surface area contributed by atoms with Crippen LogP contribution in [0.1, 0.15) is 33.6 Å². The number of anilines is 2. The third-order valence-electron chi connectivity index (χ3n) is 3.08. The Morgan fingerprint density at radius 3 is 1.95 bits per heavy atom. The molecule has 0 aliphatic heterocycles. The van der Waals surface area contributed by atoms with E-state index in [-0.39, 0.29) is 24.4 Å². The lowest BCUT2D eigenvalue weighted by molar-refractivity contribution is 0.0917. The number of ketones is 2. The summed E-state index contributed by atoms with van der Waals surface area (Å²) >= 11 is 0. The Morgan fingerprint density at radius 2 is 1.35 bits per heavy atom. The number of carbonyl (C=O) groups excluding carboxylic acids is 2. The molecule has 0 aromatic heterocycles. The molecule has 0 heterocycles. The van der Waals surface area contributed by atoms with Gasteiger partial charge in [0, 0.05) is 24.0 Å². The van der Waals surface area contributed by atoms with E-state index in [1.54, 1.807) is 42.5 Å². The highest BCUT2D eigenvalue weighted by molar-refractivity contribution is 6.02. The van der Waals surface area contributed by atoms with Crippen molar-refractivity contribution in [2.45, 2.75) is 12.8 Å². The molecule has 0 bridgehead atoms. The summed E-state index contributed by atoms with van der Waals surface area (Å²) < 4.78 is 0. The van der Waals surface area contributed by atoms with Gasteiger partial charge in [-0.3, -0.25) is 9.59 Å². The number of rotatable bonds is 5. The monoisotopic (exact) mass is 268 g/mol. The van der Waals surface area contributed by atoms with E-state index < -0.39 is 0 Å². The van der Waals surface area contributed by atoms with Crippen LogP contribution < -0.4 is 11.5 Å². The standard InChI is InChI=1S/C16H16N2O2/c17-13-7-6-12(10-14(13)18)16(20)9-8-15(19)11-4-2-1-3-5-11/h1-7,10H,8-9,17-18H2. The van der Waals surface area contributed by atoms with Crippen LogP contribution in [0, 0.1) is 0 Å². The third-order valence-corrected chi connectivity index (χ3v) is 3.08. The Labute approximate surface area is 117 Å². The molecule has 0 amide bonds. The summed E-state index contributed by atoms with van der Waals surface area (Å²) in [5.74, 6) is -0.150. The number of Topliss-reactive ketones (excluding diaryl/α,β-unsaturated/α-hetero) is 2. The first-order valence-electron chi connectivity index (χ1n) is 6.34. The van der Waals surface area contributed by atoms with Crippen LogP contribution in [-0.4, -0.2) is 11.6 Å². The molecular formula is C16H16N2O2. The van der Waals surface area contributed by atoms with E-state index in [2.05, 4.69) is 0 Å². The van der Waals surface area contributed by atoms with Gasteiger partial charge in [-0.05, 0) is 18.2 Å². The van der Waals surface area contributed by atoms with Gasteiger partial charge in [0.2, 0.25) is 0 Å². The Balaban J connectivity index is 1.98. The van der Waals surface area contributed by atoms with Crippen molar-refractivity contribution in [1.29, 1.82) is 0 Å². The second-order valence-electron chi connectivity index (χ2n) is 4.56. The second kappa shape index (κ2) is 6.02. The van der Waals surface area contributed by atoms with E-state index in [0.29, 0.717) is 22.5 Å². The van der Waals surface area contributed by atoms with Gasteiger partial charge in [-0.2, -0.15) is 0 Å². The molecule has 2 aromatic rings. The van der Waals surface area contributed by atoms with Crippen molar-refractivity contribution in [1.82, 2.24) is 0 Å². The molecule has 4 nitrogen and oxygen atoms in total. The lowest BCUT2D eigenvalue weighted by atomic mass is 10.0. The largest absolute Gasteiger partial charge is 0.397 e. The molecule has 4 N–H and O–H groups in total. The van der Waals surface area contributed by atoms with E-state index in [9.17, 15) is 9.59 Å². The molecule has 0 saturated heterocycles. The summed E-state index contributed by atoms with van der Waals surface area (Å²) in [5, 5.41) is 0. The van der Waals surface area contributed by atoms with Crippen LogP contribution in [0.25, 0.3) is 0 Å². The van der Waals surface area contributed by atoms with Crippen molar-refractivity contribution in [3.63, 3.8) is 0 Å². The van der Waals surface area contributed by atoms with Gasteiger partial charge in [-0.25, -0.2) is 0 Å². The van der Waals surface area contributed by atoms with Crippen molar-refractivity contribution in [3.8, 4) is 0 Å². The molecule has 0 unspecified atom stereocenters. The van der Waals surface area contributed by atoms with Crippen molar-refractivity contribution in [2.24, 2.45) is 0 Å². The summed E-state index contributed by atoms with van der Waals surface area (Å²) in [6, 6.07) is 13.7. The minimum Gasteiger partial charge on any atom is -0.397 e. The highest BCUT2D eigenvalue weighted by Gasteiger charge is 2.11. The van der Waals surface area contributed by atoms with Gasteiger partial charge in [-0.15, -0.1) is 0 Å². The molecule has 0 aliphatic rings. The van der Waals surface area contributed by atoms with Crippen LogP contribution in [-0.2, 0) is 0 Å². The van der Waals surface area contributed by atoms with Crippen molar-refractivity contribution < 1.29 is 9.59 Å². The first-order chi connectivity index (χ1) is 9.58. The van der Waals surface area contributed by atoms with E-state index >= 15 is 0 Å². The maximum Gasteiger partial charge on any atom is 0.163 e. The highest BCUT2D eigenvalue weighted by atomic mass is 16.1. The molecule has 2 rings (SSSR count). The quantitative estimate of drug-likeness (QED) is 0.644. The number of carbonyl (C=O) groups is 2. The zero-order valence-electron chi connectivity index (χ0n) is 11.0. The van der Waals surface area contributed by atoms with E-state index in [1.165, 1.54) is 0 Å². The predicted octanol–water partition coefficient (Wildman–Crippen LogP) is 2.70. The van der Waals surface area contributed by atoms with Gasteiger partial charge in [-0.1, -0.05) is 30.3 Å². The highest BCUT2D eigenvalue weighted by Crippen LogP contribution is 2.18. The summed E-state index contributed by atoms with van der Waals surface area (Å²) in [4.78, 5) is 23.9. The van der Waals surface area contributed by atoms with E-state index in [4.69, 9.17) is 11.5 Å². The van der Waals surface area contributed by atoms with Crippen molar-refractivity contribution in [2.75, 3.05) is 11.5 Å². The predicted molar refractivity (Wildman–Crippen MR) is 79.6 cm³/mol. The first kappa shape index (κ1) is 13.8. The Morgan fingerprint density at radius 1 is 0.750 bits per heavy atom. The average molecular weight is 268 g/mol. The molecule has 2 aromatic carbocycles. The van der Waals surface area contributed by atoms with Gasteiger partial charge in [0.05, 0.1) is 11.4 Å². The summed E-state index contributed by atoms with van der Waals surface area (Å²) in [6.07, 6.45) is 0.351. The van der Waals surface area contributed by atoms with E-state index in [1.807, 2.05) is 6.07 Å². The first-order valence-corrected chi connectivity index (χ1v) is 6.34. The van der Waals surface area contributed by atoms with Crippen LogP contribution in [0.4, 0.5) is 11.4 Å². The molecule has 102 valence electrons. The Kier molecular flexibility index (Phi) is 4.15. The van der Waals surface area contributed by atoms with Gasteiger partial charge < -0.3 is 11.5 Å². The molecule has 0 atom stereocenters. The number of hydrogen-bond acceptors (Lipinski definition) is 4. The van der Waals surface area contributed by atoms with Gasteiger partial charge in [0.25, 0.3) is 0 Å². The number of nitrogen functional groups attached to an aromatic ring is 2. The van der Waals surface area contributed by atoms with Crippen LogP contribution in [0.2, 0.25) is 0 Å². The van der Waals surface area contributed by atoms with Gasteiger partial charge in [0.15, 0.2) is 11.6 Å². The number of benzene rings is 2. The fraction of sp³-hybridized carbons (Fsp3) is 0.125. The molecular weight excluding hydrogens is 252 g/mol. The SMILES string of the molecule is Nc1ccc(C(=O)CCC(=O)c2ccccc2)cc1N. The van der Waals surface area contributed by atoms with Crippen LogP contribution in [0.15, 0.2) is 48.5 Å². The molecule has 0 radical (unpaired) electrons. The van der Waals surface area contributed by atoms with E-state index in [0.717, 1.165) is 0 Å². The molecule has 4 heteroatoms. The number of hydrogen-bond donors (Lipinski definition) is 2. The van der Waals surface area contributed by atoms with Crippen LogP contribution >= 0.6 is 0 Å². The van der Waals surface area contributed by atoms with Gasteiger partial charge >= 0.3 is 0 Å². The Bertz CT molecular complexity index is 636. The fourth-order valence-corrected chi connectivity index (χ4v) is 1.89.